The zero-order valence-corrected chi connectivity index (χ0v) is 12.0. The Bertz CT molecular complexity index is 648. The van der Waals surface area contributed by atoms with Crippen LogP contribution in [0.25, 0.3) is 0 Å². The summed E-state index contributed by atoms with van der Waals surface area (Å²) in [6.07, 6.45) is 4.00. The van der Waals surface area contributed by atoms with E-state index in [4.69, 9.17) is 4.84 Å². The smallest absolute Gasteiger partial charge is 0.331 e. The summed E-state index contributed by atoms with van der Waals surface area (Å²) in [6, 6.07) is 7.03. The average molecular weight is 287 g/mol. The Kier molecular flexibility index (Phi) is 4.71. The topological polar surface area (TPSA) is 76.7 Å². The molecule has 0 unspecified atom stereocenters. The molecule has 0 fully saturated rings. The Labute approximate surface area is 122 Å². The van der Waals surface area contributed by atoms with Crippen molar-refractivity contribution in [2.75, 3.05) is 0 Å². The number of aromatic nitrogens is 2. The van der Waals surface area contributed by atoms with Crippen LogP contribution >= 0.6 is 0 Å². The van der Waals surface area contributed by atoms with Gasteiger partial charge in [0.2, 0.25) is 0 Å². The SMILES string of the molecule is CC(=O)O/N=C(/CCn1cccn1)c1cc(C)ccc1O. The summed E-state index contributed by atoms with van der Waals surface area (Å²) in [6.45, 7) is 3.77. The standard InChI is InChI=1S/C15H17N3O3/c1-11-4-5-15(20)13(10-11)14(17-21-12(2)19)6-9-18-8-3-7-16-18/h3-5,7-8,10,20H,6,9H2,1-2H3/b17-14-. The Morgan fingerprint density at radius 2 is 2.29 bits per heavy atom. The van der Waals surface area contributed by atoms with Gasteiger partial charge in [0.25, 0.3) is 0 Å². The lowest BCUT2D eigenvalue weighted by molar-refractivity contribution is -0.140. The number of phenols is 1. The molecular weight excluding hydrogens is 270 g/mol. The van der Waals surface area contributed by atoms with Gasteiger partial charge < -0.3 is 9.94 Å². The molecule has 0 aliphatic heterocycles. The lowest BCUT2D eigenvalue weighted by Crippen LogP contribution is -2.10. The number of nitrogens with zero attached hydrogens (tertiary/aromatic N) is 3. The minimum atomic E-state index is -0.501. The Morgan fingerprint density at radius 3 is 2.95 bits per heavy atom. The third kappa shape index (κ3) is 4.17. The number of hydrogen-bond donors (Lipinski definition) is 1. The first-order valence-corrected chi connectivity index (χ1v) is 6.58. The number of carbonyl (C=O) groups is 1. The van der Waals surface area contributed by atoms with E-state index in [0.717, 1.165) is 5.56 Å². The third-order valence-corrected chi connectivity index (χ3v) is 2.88. The van der Waals surface area contributed by atoms with Crippen molar-refractivity contribution >= 4 is 11.7 Å². The van der Waals surface area contributed by atoms with E-state index >= 15 is 0 Å². The van der Waals surface area contributed by atoms with Gasteiger partial charge in [0.15, 0.2) is 0 Å². The number of benzene rings is 1. The average Bonchev–Trinajstić information content (AvgIpc) is 2.95. The van der Waals surface area contributed by atoms with Gasteiger partial charge in [-0.05, 0) is 25.1 Å². The highest BCUT2D eigenvalue weighted by atomic mass is 16.7. The predicted octanol–water partition coefficient (Wildman–Crippen LogP) is 2.25. The van der Waals surface area contributed by atoms with Crippen molar-refractivity contribution in [3.63, 3.8) is 0 Å². The van der Waals surface area contributed by atoms with Crippen LogP contribution in [-0.4, -0.2) is 26.6 Å². The van der Waals surface area contributed by atoms with Gasteiger partial charge >= 0.3 is 5.97 Å². The fourth-order valence-electron chi connectivity index (χ4n) is 1.88. The second-order valence-corrected chi connectivity index (χ2v) is 4.66. The highest BCUT2D eigenvalue weighted by Gasteiger charge is 2.11. The van der Waals surface area contributed by atoms with Crippen LogP contribution in [0.3, 0.4) is 0 Å². The van der Waals surface area contributed by atoms with Crippen LogP contribution in [0.5, 0.6) is 5.75 Å². The maximum Gasteiger partial charge on any atom is 0.331 e. The van der Waals surface area contributed by atoms with Crippen LogP contribution in [0.4, 0.5) is 0 Å². The first kappa shape index (κ1) is 14.8. The summed E-state index contributed by atoms with van der Waals surface area (Å²) in [7, 11) is 0. The lowest BCUT2D eigenvalue weighted by Gasteiger charge is -2.09. The molecule has 1 N–H and O–H groups in total. The highest BCUT2D eigenvalue weighted by molar-refractivity contribution is 6.02. The van der Waals surface area contributed by atoms with Crippen molar-refractivity contribution < 1.29 is 14.7 Å². The van der Waals surface area contributed by atoms with Crippen molar-refractivity contribution in [3.8, 4) is 5.75 Å². The largest absolute Gasteiger partial charge is 0.507 e. The van der Waals surface area contributed by atoms with Gasteiger partial charge in [0.1, 0.15) is 5.75 Å². The molecule has 0 bridgehead atoms. The second kappa shape index (κ2) is 6.69. The van der Waals surface area contributed by atoms with E-state index in [2.05, 4.69) is 10.3 Å². The number of hydrogen-bond acceptors (Lipinski definition) is 5. The molecule has 6 heteroatoms. The maximum atomic E-state index is 11.0. The molecule has 0 atom stereocenters. The first-order valence-electron chi connectivity index (χ1n) is 6.58. The van der Waals surface area contributed by atoms with Crippen LogP contribution < -0.4 is 0 Å². The van der Waals surface area contributed by atoms with Crippen LogP contribution in [-0.2, 0) is 16.2 Å². The maximum absolute atomic E-state index is 11.0. The third-order valence-electron chi connectivity index (χ3n) is 2.88. The van der Waals surface area contributed by atoms with E-state index in [9.17, 15) is 9.90 Å². The van der Waals surface area contributed by atoms with Crippen molar-refractivity contribution in [1.82, 2.24) is 9.78 Å². The summed E-state index contributed by atoms with van der Waals surface area (Å²) in [5.41, 5.74) is 2.04. The van der Waals surface area contributed by atoms with Gasteiger partial charge in [-0.15, -0.1) is 0 Å². The fraction of sp³-hybridized carbons (Fsp3) is 0.267. The van der Waals surface area contributed by atoms with Crippen molar-refractivity contribution in [2.24, 2.45) is 5.16 Å². The molecule has 0 radical (unpaired) electrons. The summed E-state index contributed by atoms with van der Waals surface area (Å²) in [4.78, 5) is 15.7. The molecule has 1 aromatic carbocycles. The molecule has 2 rings (SSSR count). The Morgan fingerprint density at radius 1 is 1.48 bits per heavy atom. The first-order chi connectivity index (χ1) is 10.1. The van der Waals surface area contributed by atoms with Crippen LogP contribution in [0, 0.1) is 6.92 Å². The molecule has 0 saturated heterocycles. The summed E-state index contributed by atoms with van der Waals surface area (Å²) < 4.78 is 1.75. The molecule has 0 amide bonds. The van der Waals surface area contributed by atoms with E-state index < -0.39 is 5.97 Å². The zero-order chi connectivity index (χ0) is 15.2. The van der Waals surface area contributed by atoms with Gasteiger partial charge in [-0.3, -0.25) is 4.68 Å². The van der Waals surface area contributed by atoms with E-state index in [0.29, 0.717) is 24.2 Å². The zero-order valence-electron chi connectivity index (χ0n) is 12.0. The van der Waals surface area contributed by atoms with E-state index in [1.165, 1.54) is 6.92 Å². The number of phenolic OH excluding ortho intramolecular Hbond substituents is 1. The fourth-order valence-corrected chi connectivity index (χ4v) is 1.88. The van der Waals surface area contributed by atoms with Crippen molar-refractivity contribution in [3.05, 3.63) is 47.8 Å². The number of carbonyl (C=O) groups excluding carboxylic acids is 1. The highest BCUT2D eigenvalue weighted by Crippen LogP contribution is 2.21. The minimum absolute atomic E-state index is 0.104. The molecule has 0 spiro atoms. The molecule has 0 saturated carbocycles. The molecule has 21 heavy (non-hydrogen) atoms. The van der Waals surface area contributed by atoms with Gasteiger partial charge in [-0.2, -0.15) is 5.10 Å². The molecule has 2 aromatic rings. The van der Waals surface area contributed by atoms with Crippen molar-refractivity contribution in [2.45, 2.75) is 26.8 Å². The predicted molar refractivity (Wildman–Crippen MR) is 78.0 cm³/mol. The number of aromatic hydroxyl groups is 1. The number of aryl methyl sites for hydroxylation is 2. The number of oxime groups is 1. The van der Waals surface area contributed by atoms with Gasteiger partial charge in [-0.1, -0.05) is 16.8 Å². The van der Waals surface area contributed by atoms with E-state index in [-0.39, 0.29) is 5.75 Å². The number of rotatable bonds is 5. The lowest BCUT2D eigenvalue weighted by atomic mass is 10.0. The van der Waals surface area contributed by atoms with Gasteiger partial charge in [-0.25, -0.2) is 4.79 Å². The van der Waals surface area contributed by atoms with Gasteiger partial charge in [0.05, 0.1) is 5.71 Å². The van der Waals surface area contributed by atoms with Crippen LogP contribution in [0.2, 0.25) is 0 Å². The molecule has 1 aromatic heterocycles. The monoisotopic (exact) mass is 287 g/mol. The van der Waals surface area contributed by atoms with Crippen LogP contribution in [0.15, 0.2) is 41.8 Å². The van der Waals surface area contributed by atoms with Crippen LogP contribution in [0.1, 0.15) is 24.5 Å². The quantitative estimate of drug-likeness (QED) is 0.520. The normalized spacial score (nSPS) is 11.4. The summed E-state index contributed by atoms with van der Waals surface area (Å²) in [5.74, 6) is -0.398. The van der Waals surface area contributed by atoms with Gasteiger partial charge in [0, 0.05) is 37.8 Å². The summed E-state index contributed by atoms with van der Waals surface area (Å²) >= 11 is 0. The Balaban J connectivity index is 2.24. The minimum Gasteiger partial charge on any atom is -0.507 e. The molecule has 1 heterocycles. The van der Waals surface area contributed by atoms with E-state index in [1.807, 2.05) is 19.2 Å². The molecular formula is C15H17N3O3. The second-order valence-electron chi connectivity index (χ2n) is 4.66. The Hall–Kier alpha value is -2.63. The summed E-state index contributed by atoms with van der Waals surface area (Å²) in [5, 5.41) is 18.0. The molecule has 0 aliphatic rings. The van der Waals surface area contributed by atoms with Crippen molar-refractivity contribution in [1.29, 1.82) is 0 Å². The molecule has 0 aliphatic carbocycles. The molecule has 110 valence electrons. The van der Waals surface area contributed by atoms with E-state index in [1.54, 1.807) is 29.1 Å². The molecule has 6 nitrogen and oxygen atoms in total.